The Morgan fingerprint density at radius 2 is 2.17 bits per heavy atom. The highest BCUT2D eigenvalue weighted by molar-refractivity contribution is 5.75. The normalized spacial score (nSPS) is 15.3. The molecule has 6 nitrogen and oxygen atoms in total. The van der Waals surface area contributed by atoms with Gasteiger partial charge in [0.25, 0.3) is 0 Å². The Bertz CT molecular complexity index is 637. The number of aromatic nitrogens is 3. The first kappa shape index (κ1) is 15.7. The number of ether oxygens (including phenoxy) is 1. The number of nitrogens with one attached hydrogen (secondary N) is 1. The Balaban J connectivity index is 1.51. The van der Waals surface area contributed by atoms with Crippen molar-refractivity contribution >= 4 is 5.91 Å². The van der Waals surface area contributed by atoms with E-state index in [9.17, 15) is 4.79 Å². The van der Waals surface area contributed by atoms with Gasteiger partial charge in [0.2, 0.25) is 5.91 Å². The van der Waals surface area contributed by atoms with Crippen molar-refractivity contribution in [2.24, 2.45) is 0 Å². The highest BCUT2D eigenvalue weighted by Crippen LogP contribution is 2.38. The summed E-state index contributed by atoms with van der Waals surface area (Å²) in [6.07, 6.45) is 4.09. The molecular formula is C17H22N4O2. The molecule has 3 rings (SSSR count). The molecule has 1 atom stereocenters. The third kappa shape index (κ3) is 4.39. The molecule has 1 fully saturated rings. The van der Waals surface area contributed by atoms with E-state index in [4.69, 9.17) is 4.74 Å². The average Bonchev–Trinajstić information content (AvgIpc) is 3.32. The van der Waals surface area contributed by atoms with Crippen LogP contribution in [0.1, 0.15) is 43.0 Å². The average molecular weight is 314 g/mol. The van der Waals surface area contributed by atoms with Crippen LogP contribution >= 0.6 is 0 Å². The summed E-state index contributed by atoms with van der Waals surface area (Å²) < 4.78 is 7.32. The molecular weight excluding hydrogens is 292 g/mol. The van der Waals surface area contributed by atoms with Gasteiger partial charge in [-0.15, -0.1) is 5.10 Å². The number of carbonyl (C=O) groups excluding carboxylic acids is 1. The van der Waals surface area contributed by atoms with Gasteiger partial charge in [-0.25, -0.2) is 4.68 Å². The first-order valence-corrected chi connectivity index (χ1v) is 8.09. The van der Waals surface area contributed by atoms with Crippen LogP contribution in [0.25, 0.3) is 0 Å². The van der Waals surface area contributed by atoms with Gasteiger partial charge in [-0.05, 0) is 25.3 Å². The van der Waals surface area contributed by atoms with Crippen molar-refractivity contribution in [3.8, 4) is 0 Å². The van der Waals surface area contributed by atoms with Gasteiger partial charge >= 0.3 is 0 Å². The lowest BCUT2D eigenvalue weighted by atomic mass is 10.1. The maximum Gasteiger partial charge on any atom is 0.241 e. The SMILES string of the molecule is CCOC(CNC(=O)Cn1cc(C2CC2)nn1)c1ccccc1. The maximum absolute atomic E-state index is 12.1. The van der Waals surface area contributed by atoms with Crippen molar-refractivity contribution in [3.63, 3.8) is 0 Å². The van der Waals surface area contributed by atoms with Crippen molar-refractivity contribution in [2.45, 2.75) is 38.3 Å². The number of hydrogen-bond acceptors (Lipinski definition) is 4. The minimum Gasteiger partial charge on any atom is -0.372 e. The molecule has 0 saturated heterocycles. The molecule has 1 aliphatic carbocycles. The topological polar surface area (TPSA) is 69.0 Å². The molecule has 1 aromatic carbocycles. The van der Waals surface area contributed by atoms with Crippen LogP contribution in [0.4, 0.5) is 0 Å². The predicted octanol–water partition coefficient (Wildman–Crippen LogP) is 2.05. The highest BCUT2D eigenvalue weighted by Gasteiger charge is 2.26. The van der Waals surface area contributed by atoms with Gasteiger partial charge in [0.05, 0.1) is 11.8 Å². The number of amides is 1. The van der Waals surface area contributed by atoms with E-state index in [-0.39, 0.29) is 18.6 Å². The molecule has 1 amide bonds. The molecule has 1 unspecified atom stereocenters. The number of hydrogen-bond donors (Lipinski definition) is 1. The fourth-order valence-electron chi connectivity index (χ4n) is 2.51. The number of nitrogens with zero attached hydrogens (tertiary/aromatic N) is 3. The summed E-state index contributed by atoms with van der Waals surface area (Å²) in [5, 5.41) is 11.0. The van der Waals surface area contributed by atoms with Gasteiger partial charge in [-0.2, -0.15) is 0 Å². The van der Waals surface area contributed by atoms with Crippen molar-refractivity contribution in [1.29, 1.82) is 0 Å². The Hall–Kier alpha value is -2.21. The first-order chi connectivity index (χ1) is 11.3. The van der Waals surface area contributed by atoms with Gasteiger partial charge in [0.15, 0.2) is 0 Å². The summed E-state index contributed by atoms with van der Waals surface area (Å²) in [4.78, 5) is 12.1. The molecule has 1 aliphatic rings. The molecule has 0 spiro atoms. The Kier molecular flexibility index (Phi) is 5.02. The second-order valence-corrected chi connectivity index (χ2v) is 5.77. The van der Waals surface area contributed by atoms with E-state index < -0.39 is 0 Å². The lowest BCUT2D eigenvalue weighted by Gasteiger charge is -2.18. The van der Waals surface area contributed by atoms with Crippen molar-refractivity contribution in [3.05, 3.63) is 47.8 Å². The zero-order valence-corrected chi connectivity index (χ0v) is 13.3. The van der Waals surface area contributed by atoms with E-state index in [1.165, 1.54) is 12.8 Å². The summed E-state index contributed by atoms with van der Waals surface area (Å²) in [7, 11) is 0. The van der Waals surface area contributed by atoms with Crippen LogP contribution in [-0.4, -0.2) is 34.1 Å². The van der Waals surface area contributed by atoms with E-state index in [0.29, 0.717) is 19.1 Å². The molecule has 6 heteroatoms. The maximum atomic E-state index is 12.1. The lowest BCUT2D eigenvalue weighted by Crippen LogP contribution is -2.32. The van der Waals surface area contributed by atoms with Crippen LogP contribution in [0.3, 0.4) is 0 Å². The molecule has 2 aromatic rings. The van der Waals surface area contributed by atoms with Gasteiger partial charge in [-0.3, -0.25) is 4.79 Å². The van der Waals surface area contributed by atoms with Crippen LogP contribution in [0.5, 0.6) is 0 Å². The van der Waals surface area contributed by atoms with Gasteiger partial charge < -0.3 is 10.1 Å². The van der Waals surface area contributed by atoms with E-state index >= 15 is 0 Å². The van der Waals surface area contributed by atoms with Crippen LogP contribution in [0, 0.1) is 0 Å². The number of benzene rings is 1. The Labute approximate surface area is 135 Å². The molecule has 1 saturated carbocycles. The van der Waals surface area contributed by atoms with Crippen molar-refractivity contribution < 1.29 is 9.53 Å². The summed E-state index contributed by atoms with van der Waals surface area (Å²) in [6, 6.07) is 9.92. The van der Waals surface area contributed by atoms with Gasteiger partial charge in [-0.1, -0.05) is 35.5 Å². The van der Waals surface area contributed by atoms with E-state index in [2.05, 4.69) is 15.6 Å². The van der Waals surface area contributed by atoms with Crippen LogP contribution in [0.2, 0.25) is 0 Å². The number of carbonyl (C=O) groups is 1. The monoisotopic (exact) mass is 314 g/mol. The van der Waals surface area contributed by atoms with E-state index in [1.54, 1.807) is 4.68 Å². The minimum atomic E-state index is -0.136. The summed E-state index contributed by atoms with van der Waals surface area (Å²) >= 11 is 0. The summed E-state index contributed by atoms with van der Waals surface area (Å²) in [6.45, 7) is 3.18. The van der Waals surface area contributed by atoms with Crippen molar-refractivity contribution in [1.82, 2.24) is 20.3 Å². The van der Waals surface area contributed by atoms with E-state index in [1.807, 2.05) is 43.5 Å². The van der Waals surface area contributed by atoms with E-state index in [0.717, 1.165) is 11.3 Å². The highest BCUT2D eigenvalue weighted by atomic mass is 16.5. The molecule has 122 valence electrons. The third-order valence-corrected chi connectivity index (χ3v) is 3.88. The molecule has 0 aliphatic heterocycles. The number of rotatable bonds is 8. The summed E-state index contributed by atoms with van der Waals surface area (Å²) in [5.41, 5.74) is 2.06. The second-order valence-electron chi connectivity index (χ2n) is 5.77. The molecule has 1 N–H and O–H groups in total. The fraction of sp³-hybridized carbons (Fsp3) is 0.471. The second kappa shape index (κ2) is 7.37. The lowest BCUT2D eigenvalue weighted by molar-refractivity contribution is -0.122. The van der Waals surface area contributed by atoms with Crippen LogP contribution in [-0.2, 0) is 16.1 Å². The van der Waals surface area contributed by atoms with Gasteiger partial charge in [0, 0.05) is 25.3 Å². The largest absolute Gasteiger partial charge is 0.372 e. The third-order valence-electron chi connectivity index (χ3n) is 3.88. The molecule has 0 bridgehead atoms. The quantitative estimate of drug-likeness (QED) is 0.809. The Morgan fingerprint density at radius 3 is 2.87 bits per heavy atom. The molecule has 0 radical (unpaired) electrons. The molecule has 1 heterocycles. The van der Waals surface area contributed by atoms with Crippen LogP contribution < -0.4 is 5.32 Å². The Morgan fingerprint density at radius 1 is 1.39 bits per heavy atom. The zero-order chi connectivity index (χ0) is 16.1. The predicted molar refractivity (Wildman–Crippen MR) is 85.8 cm³/mol. The van der Waals surface area contributed by atoms with Crippen molar-refractivity contribution in [2.75, 3.05) is 13.2 Å². The summed E-state index contributed by atoms with van der Waals surface area (Å²) in [5.74, 6) is 0.463. The minimum absolute atomic E-state index is 0.0853. The molecule has 23 heavy (non-hydrogen) atoms. The zero-order valence-electron chi connectivity index (χ0n) is 13.3. The van der Waals surface area contributed by atoms with Crippen LogP contribution in [0.15, 0.2) is 36.5 Å². The van der Waals surface area contributed by atoms with Gasteiger partial charge in [0.1, 0.15) is 6.54 Å². The smallest absolute Gasteiger partial charge is 0.241 e. The standard InChI is InChI=1S/C17H22N4O2/c1-2-23-16(14-6-4-3-5-7-14)10-18-17(22)12-21-11-15(19-20-21)13-8-9-13/h3-7,11,13,16H,2,8-10,12H2,1H3,(H,18,22). The fourth-order valence-corrected chi connectivity index (χ4v) is 2.51. The first-order valence-electron chi connectivity index (χ1n) is 8.09. The molecule has 1 aromatic heterocycles.